The zero-order valence-electron chi connectivity index (χ0n) is 10.7. The Hall–Kier alpha value is -0.0800. The first-order chi connectivity index (χ1) is 6.93. The second-order valence-electron chi connectivity index (χ2n) is 5.73. The Kier molecular flexibility index (Phi) is 4.60. The van der Waals surface area contributed by atoms with Crippen molar-refractivity contribution in [3.05, 3.63) is 0 Å². The van der Waals surface area contributed by atoms with Crippen LogP contribution in [-0.4, -0.2) is 23.3 Å². The number of hydrogen-bond donors (Lipinski definition) is 2. The Balaban J connectivity index is 2.29. The van der Waals surface area contributed by atoms with Crippen LogP contribution < -0.4 is 5.32 Å². The Morgan fingerprint density at radius 3 is 2.27 bits per heavy atom. The summed E-state index contributed by atoms with van der Waals surface area (Å²) in [6, 6.07) is 0.553. The number of aliphatic hydroxyl groups is 1. The summed E-state index contributed by atoms with van der Waals surface area (Å²) in [5, 5.41) is 13.6. The van der Waals surface area contributed by atoms with Gasteiger partial charge in [-0.15, -0.1) is 0 Å². The number of nitrogens with one attached hydrogen (secondary N) is 1. The van der Waals surface area contributed by atoms with Crippen molar-refractivity contribution in [3.63, 3.8) is 0 Å². The Morgan fingerprint density at radius 2 is 1.80 bits per heavy atom. The smallest absolute Gasteiger partial charge is 0.0766 e. The molecule has 1 aliphatic carbocycles. The zero-order chi connectivity index (χ0) is 11.5. The molecule has 15 heavy (non-hydrogen) atoms. The summed E-state index contributed by atoms with van der Waals surface area (Å²) in [6.45, 7) is 9.03. The average molecular weight is 213 g/mol. The van der Waals surface area contributed by atoms with E-state index in [-0.39, 0.29) is 0 Å². The Morgan fingerprint density at radius 1 is 1.27 bits per heavy atom. The molecule has 0 heterocycles. The van der Waals surface area contributed by atoms with Crippen molar-refractivity contribution < 1.29 is 5.11 Å². The standard InChI is InChI=1S/C13H27NO/c1-10(2)13(4,15)9-14-11(3)12-7-5-6-8-12/h10-12,14-15H,5-9H2,1-4H3. The van der Waals surface area contributed by atoms with E-state index in [1.165, 1.54) is 25.7 Å². The minimum absolute atomic E-state index is 0.306. The summed E-state index contributed by atoms with van der Waals surface area (Å²) in [5.74, 6) is 1.13. The molecule has 2 heteroatoms. The third-order valence-corrected chi connectivity index (χ3v) is 4.13. The van der Waals surface area contributed by atoms with E-state index in [0.29, 0.717) is 18.5 Å². The van der Waals surface area contributed by atoms with Gasteiger partial charge in [0.1, 0.15) is 0 Å². The molecule has 0 amide bonds. The molecule has 0 saturated heterocycles. The van der Waals surface area contributed by atoms with Crippen molar-refractivity contribution in [2.24, 2.45) is 11.8 Å². The van der Waals surface area contributed by atoms with Crippen molar-refractivity contribution >= 4 is 0 Å². The van der Waals surface area contributed by atoms with Crippen LogP contribution in [0.15, 0.2) is 0 Å². The van der Waals surface area contributed by atoms with Crippen LogP contribution in [-0.2, 0) is 0 Å². The van der Waals surface area contributed by atoms with Gasteiger partial charge in [-0.2, -0.15) is 0 Å². The monoisotopic (exact) mass is 213 g/mol. The maximum absolute atomic E-state index is 10.1. The van der Waals surface area contributed by atoms with Crippen LogP contribution in [0.1, 0.15) is 53.4 Å². The van der Waals surface area contributed by atoms with Crippen LogP contribution in [0.25, 0.3) is 0 Å². The lowest BCUT2D eigenvalue weighted by atomic mass is 9.91. The number of hydrogen-bond acceptors (Lipinski definition) is 2. The summed E-state index contributed by atoms with van der Waals surface area (Å²) in [5.41, 5.74) is -0.577. The van der Waals surface area contributed by atoms with Crippen LogP contribution in [0.2, 0.25) is 0 Å². The summed E-state index contributed by atoms with van der Waals surface area (Å²) in [7, 11) is 0. The molecular formula is C13H27NO. The van der Waals surface area contributed by atoms with Crippen LogP contribution in [0.4, 0.5) is 0 Å². The lowest BCUT2D eigenvalue weighted by Crippen LogP contribution is -2.46. The van der Waals surface area contributed by atoms with Crippen LogP contribution in [0.3, 0.4) is 0 Å². The minimum Gasteiger partial charge on any atom is -0.389 e. The predicted molar refractivity (Wildman–Crippen MR) is 64.9 cm³/mol. The lowest BCUT2D eigenvalue weighted by molar-refractivity contribution is 0.0107. The van der Waals surface area contributed by atoms with Gasteiger partial charge in [0, 0.05) is 12.6 Å². The van der Waals surface area contributed by atoms with E-state index in [1.54, 1.807) is 0 Å². The largest absolute Gasteiger partial charge is 0.389 e. The second-order valence-corrected chi connectivity index (χ2v) is 5.73. The van der Waals surface area contributed by atoms with Gasteiger partial charge in [0.2, 0.25) is 0 Å². The third-order valence-electron chi connectivity index (χ3n) is 4.13. The predicted octanol–water partition coefficient (Wildman–Crippen LogP) is 2.56. The molecule has 0 aromatic rings. The van der Waals surface area contributed by atoms with E-state index >= 15 is 0 Å². The number of rotatable bonds is 5. The summed E-state index contributed by atoms with van der Waals surface area (Å²) < 4.78 is 0. The lowest BCUT2D eigenvalue weighted by Gasteiger charge is -2.31. The molecule has 0 aliphatic heterocycles. The van der Waals surface area contributed by atoms with E-state index in [9.17, 15) is 5.11 Å². The first-order valence-corrected chi connectivity index (χ1v) is 6.39. The van der Waals surface area contributed by atoms with Gasteiger partial charge in [0.15, 0.2) is 0 Å². The van der Waals surface area contributed by atoms with E-state index in [0.717, 1.165) is 5.92 Å². The Labute approximate surface area is 94.5 Å². The van der Waals surface area contributed by atoms with Crippen molar-refractivity contribution in [3.8, 4) is 0 Å². The van der Waals surface area contributed by atoms with E-state index in [4.69, 9.17) is 0 Å². The molecule has 2 nitrogen and oxygen atoms in total. The zero-order valence-corrected chi connectivity index (χ0v) is 10.7. The molecule has 1 fully saturated rings. The molecule has 0 radical (unpaired) electrons. The molecule has 1 rings (SSSR count). The van der Waals surface area contributed by atoms with Gasteiger partial charge in [0.05, 0.1) is 5.60 Å². The summed E-state index contributed by atoms with van der Waals surface area (Å²) >= 11 is 0. The van der Waals surface area contributed by atoms with Gasteiger partial charge in [0.25, 0.3) is 0 Å². The highest BCUT2D eigenvalue weighted by molar-refractivity contribution is 4.83. The van der Waals surface area contributed by atoms with Gasteiger partial charge in [-0.25, -0.2) is 0 Å². The first kappa shape index (κ1) is 13.0. The molecule has 2 unspecified atom stereocenters. The molecule has 1 aliphatic rings. The summed E-state index contributed by atoms with van der Waals surface area (Å²) in [4.78, 5) is 0. The van der Waals surface area contributed by atoms with Crippen LogP contribution >= 0.6 is 0 Å². The fraction of sp³-hybridized carbons (Fsp3) is 1.00. The molecule has 0 aromatic heterocycles. The van der Waals surface area contributed by atoms with Crippen LogP contribution in [0.5, 0.6) is 0 Å². The molecule has 1 saturated carbocycles. The van der Waals surface area contributed by atoms with Crippen molar-refractivity contribution in [2.45, 2.75) is 65.0 Å². The Bertz CT molecular complexity index is 183. The highest BCUT2D eigenvalue weighted by atomic mass is 16.3. The van der Waals surface area contributed by atoms with Gasteiger partial charge in [-0.3, -0.25) is 0 Å². The van der Waals surface area contributed by atoms with Gasteiger partial charge < -0.3 is 10.4 Å². The topological polar surface area (TPSA) is 32.3 Å². The third kappa shape index (κ3) is 3.76. The highest BCUT2D eigenvalue weighted by Gasteiger charge is 2.27. The fourth-order valence-electron chi connectivity index (χ4n) is 2.20. The van der Waals surface area contributed by atoms with Crippen molar-refractivity contribution in [1.82, 2.24) is 5.32 Å². The van der Waals surface area contributed by atoms with Crippen LogP contribution in [0, 0.1) is 11.8 Å². The molecule has 2 N–H and O–H groups in total. The van der Waals surface area contributed by atoms with Crippen molar-refractivity contribution in [2.75, 3.05) is 6.54 Å². The normalized spacial score (nSPS) is 24.4. The van der Waals surface area contributed by atoms with Gasteiger partial charge in [-0.05, 0) is 38.5 Å². The fourth-order valence-corrected chi connectivity index (χ4v) is 2.20. The maximum Gasteiger partial charge on any atom is 0.0766 e. The molecule has 90 valence electrons. The summed E-state index contributed by atoms with van der Waals surface area (Å²) in [6.07, 6.45) is 5.49. The minimum atomic E-state index is -0.577. The SMILES string of the molecule is CC(NCC(C)(O)C(C)C)C1CCCC1. The highest BCUT2D eigenvalue weighted by Crippen LogP contribution is 2.27. The van der Waals surface area contributed by atoms with Gasteiger partial charge >= 0.3 is 0 Å². The molecular weight excluding hydrogens is 186 g/mol. The van der Waals surface area contributed by atoms with E-state index in [1.807, 2.05) is 6.92 Å². The molecule has 0 aromatic carbocycles. The average Bonchev–Trinajstić information content (AvgIpc) is 2.66. The molecule has 0 bridgehead atoms. The van der Waals surface area contributed by atoms with Gasteiger partial charge in [-0.1, -0.05) is 26.7 Å². The quantitative estimate of drug-likeness (QED) is 0.735. The maximum atomic E-state index is 10.1. The molecule has 0 spiro atoms. The molecule has 2 atom stereocenters. The van der Waals surface area contributed by atoms with Crippen molar-refractivity contribution in [1.29, 1.82) is 0 Å². The second kappa shape index (κ2) is 5.31. The van der Waals surface area contributed by atoms with E-state index in [2.05, 4.69) is 26.1 Å². The van der Waals surface area contributed by atoms with E-state index < -0.39 is 5.60 Å². The first-order valence-electron chi connectivity index (χ1n) is 6.39.